The second kappa shape index (κ2) is 6.70. The van der Waals surface area contributed by atoms with Gasteiger partial charge in [-0.2, -0.15) is 5.10 Å². The highest BCUT2D eigenvalue weighted by atomic mass is 16.2. The number of likely N-dealkylation sites (tertiary alicyclic amines) is 1. The highest BCUT2D eigenvalue weighted by molar-refractivity contribution is 5.98. The van der Waals surface area contributed by atoms with Crippen LogP contribution in [0.5, 0.6) is 0 Å². The van der Waals surface area contributed by atoms with Gasteiger partial charge in [-0.3, -0.25) is 14.7 Å². The molecule has 1 saturated heterocycles. The van der Waals surface area contributed by atoms with E-state index in [0.29, 0.717) is 24.4 Å². The quantitative estimate of drug-likeness (QED) is 0.764. The van der Waals surface area contributed by atoms with Crippen LogP contribution in [0.15, 0.2) is 6.20 Å². The van der Waals surface area contributed by atoms with Gasteiger partial charge in [0.15, 0.2) is 0 Å². The zero-order valence-electron chi connectivity index (χ0n) is 13.5. The fraction of sp³-hybridized carbons (Fsp3) is 0.688. The molecule has 1 aromatic heterocycles. The molecule has 0 unspecified atom stereocenters. The lowest BCUT2D eigenvalue weighted by atomic mass is 9.85. The largest absolute Gasteiger partial charge is 0.357 e. The molecular weight excluding hydrogens is 294 g/mol. The van der Waals surface area contributed by atoms with E-state index in [4.69, 9.17) is 5.73 Å². The Kier molecular flexibility index (Phi) is 4.66. The van der Waals surface area contributed by atoms with E-state index in [1.54, 1.807) is 18.1 Å². The molecule has 7 nitrogen and oxygen atoms in total. The van der Waals surface area contributed by atoms with Crippen molar-refractivity contribution in [1.29, 1.82) is 0 Å². The van der Waals surface area contributed by atoms with E-state index in [1.165, 1.54) is 19.3 Å². The normalized spacial score (nSPS) is 25.6. The van der Waals surface area contributed by atoms with Gasteiger partial charge in [0.2, 0.25) is 5.91 Å². The van der Waals surface area contributed by atoms with Crippen LogP contribution in [0, 0.1) is 0 Å². The summed E-state index contributed by atoms with van der Waals surface area (Å²) >= 11 is 0. The summed E-state index contributed by atoms with van der Waals surface area (Å²) in [5.74, 6) is 0.0646. The standard InChI is InChI=1S/C16H25N5O2/c1-18-15(22)13-7-11(17)9-21(13)16(23)12-8-19-20-14(12)10-5-3-2-4-6-10/h8,10-11,13H,2-7,9,17H2,1H3,(H,18,22)(H,19,20)/t11-,13-/m0/s1. The van der Waals surface area contributed by atoms with Crippen LogP contribution in [0.4, 0.5) is 0 Å². The number of hydrogen-bond donors (Lipinski definition) is 3. The molecule has 4 N–H and O–H groups in total. The monoisotopic (exact) mass is 319 g/mol. The molecule has 0 spiro atoms. The summed E-state index contributed by atoms with van der Waals surface area (Å²) in [5.41, 5.74) is 7.50. The van der Waals surface area contributed by atoms with E-state index in [-0.39, 0.29) is 17.9 Å². The molecule has 23 heavy (non-hydrogen) atoms. The van der Waals surface area contributed by atoms with Gasteiger partial charge in [0, 0.05) is 25.6 Å². The van der Waals surface area contributed by atoms with Crippen molar-refractivity contribution in [3.63, 3.8) is 0 Å². The highest BCUT2D eigenvalue weighted by Gasteiger charge is 2.39. The number of nitrogens with two attached hydrogens (primary N) is 1. The number of amides is 2. The minimum Gasteiger partial charge on any atom is -0.357 e. The van der Waals surface area contributed by atoms with E-state index < -0.39 is 6.04 Å². The number of aromatic amines is 1. The number of aromatic nitrogens is 2. The third kappa shape index (κ3) is 3.10. The zero-order valence-corrected chi connectivity index (χ0v) is 13.5. The number of hydrogen-bond acceptors (Lipinski definition) is 4. The average molecular weight is 319 g/mol. The van der Waals surface area contributed by atoms with Gasteiger partial charge in [-0.05, 0) is 19.3 Å². The SMILES string of the molecule is CNC(=O)[C@@H]1C[C@H](N)CN1C(=O)c1cn[nH]c1C1CCCCC1. The number of H-pyrrole nitrogens is 1. The van der Waals surface area contributed by atoms with Crippen molar-refractivity contribution in [2.45, 2.75) is 56.5 Å². The Hall–Kier alpha value is -1.89. The number of rotatable bonds is 3. The first-order valence-corrected chi connectivity index (χ1v) is 8.43. The number of likely N-dealkylation sites (N-methyl/N-ethyl adjacent to an activating group) is 1. The van der Waals surface area contributed by atoms with Gasteiger partial charge in [0.05, 0.1) is 17.5 Å². The lowest BCUT2D eigenvalue weighted by Crippen LogP contribution is -2.45. The molecule has 2 heterocycles. The van der Waals surface area contributed by atoms with E-state index in [0.717, 1.165) is 18.5 Å². The van der Waals surface area contributed by atoms with Crippen LogP contribution in [-0.4, -0.2) is 52.6 Å². The Bertz CT molecular complexity index is 579. The first-order chi connectivity index (χ1) is 11.1. The van der Waals surface area contributed by atoms with E-state index >= 15 is 0 Å². The van der Waals surface area contributed by atoms with E-state index in [2.05, 4.69) is 15.5 Å². The summed E-state index contributed by atoms with van der Waals surface area (Å²) in [6.07, 6.45) is 7.90. The van der Waals surface area contributed by atoms with E-state index in [9.17, 15) is 9.59 Å². The molecule has 2 atom stereocenters. The summed E-state index contributed by atoms with van der Waals surface area (Å²) in [6, 6.07) is -0.650. The Labute approximate surface area is 136 Å². The molecular formula is C16H25N5O2. The Morgan fingerprint density at radius 3 is 2.78 bits per heavy atom. The van der Waals surface area contributed by atoms with Gasteiger partial charge in [-0.25, -0.2) is 0 Å². The van der Waals surface area contributed by atoms with Gasteiger partial charge in [0.1, 0.15) is 6.04 Å². The third-order valence-corrected chi connectivity index (χ3v) is 5.06. The molecule has 7 heteroatoms. The summed E-state index contributed by atoms with van der Waals surface area (Å²) in [5, 5.41) is 9.74. The summed E-state index contributed by atoms with van der Waals surface area (Å²) in [7, 11) is 1.58. The van der Waals surface area contributed by atoms with Crippen molar-refractivity contribution in [2.24, 2.45) is 5.73 Å². The Morgan fingerprint density at radius 2 is 2.09 bits per heavy atom. The van der Waals surface area contributed by atoms with Gasteiger partial charge >= 0.3 is 0 Å². The van der Waals surface area contributed by atoms with Crippen LogP contribution in [0.2, 0.25) is 0 Å². The van der Waals surface area contributed by atoms with Crippen LogP contribution in [0.3, 0.4) is 0 Å². The first kappa shape index (κ1) is 16.0. The van der Waals surface area contributed by atoms with Crippen molar-refractivity contribution in [3.05, 3.63) is 17.5 Å². The smallest absolute Gasteiger partial charge is 0.258 e. The van der Waals surface area contributed by atoms with Crippen LogP contribution in [0.25, 0.3) is 0 Å². The molecule has 126 valence electrons. The predicted molar refractivity (Wildman–Crippen MR) is 85.9 cm³/mol. The molecule has 1 aliphatic heterocycles. The van der Waals surface area contributed by atoms with E-state index in [1.807, 2.05) is 0 Å². The maximum Gasteiger partial charge on any atom is 0.258 e. The van der Waals surface area contributed by atoms with Crippen LogP contribution in [0.1, 0.15) is 60.5 Å². The minimum atomic E-state index is -0.489. The summed E-state index contributed by atoms with van der Waals surface area (Å²) < 4.78 is 0. The van der Waals surface area contributed by atoms with Crippen molar-refractivity contribution in [3.8, 4) is 0 Å². The maximum absolute atomic E-state index is 13.0. The molecule has 0 bridgehead atoms. The topological polar surface area (TPSA) is 104 Å². The fourth-order valence-corrected chi connectivity index (χ4v) is 3.83. The van der Waals surface area contributed by atoms with Gasteiger partial charge in [-0.15, -0.1) is 0 Å². The number of carbonyl (C=O) groups is 2. The minimum absolute atomic E-state index is 0.138. The van der Waals surface area contributed by atoms with Crippen molar-refractivity contribution in [1.82, 2.24) is 20.4 Å². The van der Waals surface area contributed by atoms with Gasteiger partial charge in [0.25, 0.3) is 5.91 Å². The molecule has 1 aliphatic carbocycles. The maximum atomic E-state index is 13.0. The van der Waals surface area contributed by atoms with Crippen molar-refractivity contribution < 1.29 is 9.59 Å². The number of carbonyl (C=O) groups excluding carboxylic acids is 2. The van der Waals surface area contributed by atoms with Crippen LogP contribution < -0.4 is 11.1 Å². The van der Waals surface area contributed by atoms with Gasteiger partial charge < -0.3 is 16.0 Å². The summed E-state index contributed by atoms with van der Waals surface area (Å²) in [6.45, 7) is 0.409. The highest BCUT2D eigenvalue weighted by Crippen LogP contribution is 2.34. The lowest BCUT2D eigenvalue weighted by Gasteiger charge is -2.25. The van der Waals surface area contributed by atoms with Crippen molar-refractivity contribution >= 4 is 11.8 Å². The second-order valence-corrected chi connectivity index (χ2v) is 6.62. The predicted octanol–water partition coefficient (Wildman–Crippen LogP) is 0.745. The first-order valence-electron chi connectivity index (χ1n) is 8.43. The zero-order chi connectivity index (χ0) is 16.4. The average Bonchev–Trinajstić information content (AvgIpc) is 3.21. The molecule has 0 aromatic carbocycles. The molecule has 0 radical (unpaired) electrons. The molecule has 2 amide bonds. The second-order valence-electron chi connectivity index (χ2n) is 6.62. The lowest BCUT2D eigenvalue weighted by molar-refractivity contribution is -0.124. The molecule has 1 saturated carbocycles. The Morgan fingerprint density at radius 1 is 1.35 bits per heavy atom. The molecule has 3 rings (SSSR count). The number of nitrogens with one attached hydrogen (secondary N) is 2. The number of nitrogens with zero attached hydrogens (tertiary/aromatic N) is 2. The summed E-state index contributed by atoms with van der Waals surface area (Å²) in [4.78, 5) is 26.6. The fourth-order valence-electron chi connectivity index (χ4n) is 3.83. The molecule has 1 aromatic rings. The van der Waals surface area contributed by atoms with Crippen LogP contribution in [-0.2, 0) is 4.79 Å². The van der Waals surface area contributed by atoms with Gasteiger partial charge in [-0.1, -0.05) is 19.3 Å². The molecule has 2 aliphatic rings. The Balaban J connectivity index is 1.82. The van der Waals surface area contributed by atoms with Crippen LogP contribution >= 0.6 is 0 Å². The van der Waals surface area contributed by atoms with Crippen molar-refractivity contribution in [2.75, 3.05) is 13.6 Å². The third-order valence-electron chi connectivity index (χ3n) is 5.06. The molecule has 2 fully saturated rings.